The molecule has 0 spiro atoms. The summed E-state index contributed by atoms with van der Waals surface area (Å²) in [6.07, 6.45) is 2.52. The number of ether oxygens (including phenoxy) is 1. The first kappa shape index (κ1) is 21.7. The van der Waals surface area contributed by atoms with Crippen molar-refractivity contribution in [1.29, 1.82) is 0 Å². The molecule has 0 fully saturated rings. The molecule has 0 saturated carbocycles. The maximum Gasteiger partial charge on any atom is 0.261 e. The van der Waals surface area contributed by atoms with Crippen molar-refractivity contribution >= 4 is 38.1 Å². The molecular weight excluding hydrogens is 406 g/mol. The Bertz CT molecular complexity index is 896. The number of sulfonamides is 1. The number of halogens is 1. The van der Waals surface area contributed by atoms with Gasteiger partial charge < -0.3 is 4.74 Å². The molecule has 2 aromatic rings. The normalized spacial score (nSPS) is 12.8. The predicted molar refractivity (Wildman–Crippen MR) is 111 cm³/mol. The lowest BCUT2D eigenvalue weighted by molar-refractivity contribution is 0.289. The maximum atomic E-state index is 12.6. The Morgan fingerprint density at radius 3 is 2.41 bits per heavy atom. The third kappa shape index (κ3) is 6.83. The summed E-state index contributed by atoms with van der Waals surface area (Å²) in [5, 5.41) is 0.276. The third-order valence-electron chi connectivity index (χ3n) is 3.74. The molecular formula is C19H24ClNO4S2. The zero-order valence-corrected chi connectivity index (χ0v) is 18.0. The Kier molecular flexibility index (Phi) is 7.70. The monoisotopic (exact) mass is 429 g/mol. The summed E-state index contributed by atoms with van der Waals surface area (Å²) in [4.78, 5) is 0.110. The van der Waals surface area contributed by atoms with Gasteiger partial charge in [-0.05, 0) is 54.3 Å². The van der Waals surface area contributed by atoms with Gasteiger partial charge in [0.25, 0.3) is 10.0 Å². The summed E-state index contributed by atoms with van der Waals surface area (Å²) >= 11 is 6.11. The molecule has 0 aromatic heterocycles. The van der Waals surface area contributed by atoms with Crippen molar-refractivity contribution < 1.29 is 17.4 Å². The van der Waals surface area contributed by atoms with Crippen LogP contribution in [0, 0.1) is 5.92 Å². The summed E-state index contributed by atoms with van der Waals surface area (Å²) in [5.74, 6) is 1.49. The molecule has 0 aliphatic carbocycles. The number of rotatable bonds is 9. The van der Waals surface area contributed by atoms with Crippen molar-refractivity contribution in [3.63, 3.8) is 0 Å². The summed E-state index contributed by atoms with van der Waals surface area (Å²) < 4.78 is 44.8. The fourth-order valence-corrected chi connectivity index (χ4v) is 4.25. The second kappa shape index (κ2) is 9.57. The van der Waals surface area contributed by atoms with Crippen molar-refractivity contribution in [3.05, 3.63) is 53.1 Å². The standard InChI is InChI=1S/C19H24ClNO4S2/c1-14(2)10-11-25-16-5-7-17(8-6-16)27(23,24)21-19-12-15(13-26(3)22)4-9-18(19)20/h4-9,12,14,21H,10-11,13H2,1-3H3. The highest BCUT2D eigenvalue weighted by Gasteiger charge is 2.16. The Morgan fingerprint density at radius 2 is 1.81 bits per heavy atom. The minimum absolute atomic E-state index is 0.110. The van der Waals surface area contributed by atoms with Crippen LogP contribution in [-0.2, 0) is 26.6 Å². The topological polar surface area (TPSA) is 72.5 Å². The lowest BCUT2D eigenvalue weighted by atomic mass is 10.1. The average Bonchev–Trinajstić information content (AvgIpc) is 2.57. The van der Waals surface area contributed by atoms with E-state index >= 15 is 0 Å². The van der Waals surface area contributed by atoms with Gasteiger partial charge >= 0.3 is 0 Å². The molecule has 0 bridgehead atoms. The lowest BCUT2D eigenvalue weighted by Gasteiger charge is -2.12. The van der Waals surface area contributed by atoms with Gasteiger partial charge in [-0.15, -0.1) is 0 Å². The van der Waals surface area contributed by atoms with Gasteiger partial charge in [0.2, 0.25) is 0 Å². The number of hydrogen-bond acceptors (Lipinski definition) is 4. The Labute approximate surface area is 168 Å². The molecule has 0 aliphatic rings. The first-order valence-electron chi connectivity index (χ1n) is 8.51. The van der Waals surface area contributed by atoms with Crippen molar-refractivity contribution in [2.75, 3.05) is 17.6 Å². The van der Waals surface area contributed by atoms with Crippen LogP contribution in [0.5, 0.6) is 5.75 Å². The highest BCUT2D eigenvalue weighted by Crippen LogP contribution is 2.27. The van der Waals surface area contributed by atoms with Crippen LogP contribution in [0.3, 0.4) is 0 Å². The molecule has 5 nitrogen and oxygen atoms in total. The third-order valence-corrected chi connectivity index (χ3v) is 6.19. The van der Waals surface area contributed by atoms with Gasteiger partial charge in [0.1, 0.15) is 5.75 Å². The van der Waals surface area contributed by atoms with Crippen LogP contribution in [0.4, 0.5) is 5.69 Å². The molecule has 148 valence electrons. The van der Waals surface area contributed by atoms with Gasteiger partial charge in [0.15, 0.2) is 0 Å². The summed E-state index contributed by atoms with van der Waals surface area (Å²) in [7, 11) is -4.83. The molecule has 0 aliphatic heterocycles. The molecule has 1 atom stereocenters. The largest absolute Gasteiger partial charge is 0.494 e. The van der Waals surface area contributed by atoms with Gasteiger partial charge in [0.05, 0.1) is 22.2 Å². The molecule has 8 heteroatoms. The zero-order chi connectivity index (χ0) is 20.0. The number of anilines is 1. The van der Waals surface area contributed by atoms with E-state index in [0.29, 0.717) is 24.0 Å². The van der Waals surface area contributed by atoms with Gasteiger partial charge in [-0.1, -0.05) is 31.5 Å². The Morgan fingerprint density at radius 1 is 1.15 bits per heavy atom. The minimum Gasteiger partial charge on any atom is -0.494 e. The first-order valence-corrected chi connectivity index (χ1v) is 12.1. The van der Waals surface area contributed by atoms with Crippen LogP contribution in [0.15, 0.2) is 47.4 Å². The zero-order valence-electron chi connectivity index (χ0n) is 15.6. The van der Waals surface area contributed by atoms with Gasteiger partial charge in [-0.2, -0.15) is 0 Å². The quantitative estimate of drug-likeness (QED) is 0.639. The van der Waals surface area contributed by atoms with E-state index in [0.717, 1.165) is 12.0 Å². The van der Waals surface area contributed by atoms with Gasteiger partial charge in [-0.25, -0.2) is 8.42 Å². The van der Waals surface area contributed by atoms with E-state index in [-0.39, 0.29) is 15.6 Å². The van der Waals surface area contributed by atoms with Crippen molar-refractivity contribution in [2.24, 2.45) is 5.92 Å². The Hall–Kier alpha value is -1.57. The van der Waals surface area contributed by atoms with Crippen LogP contribution in [0.25, 0.3) is 0 Å². The van der Waals surface area contributed by atoms with Crippen molar-refractivity contribution in [3.8, 4) is 5.75 Å². The van der Waals surface area contributed by atoms with Gasteiger partial charge in [0, 0.05) is 22.8 Å². The molecule has 0 saturated heterocycles. The van der Waals surface area contributed by atoms with E-state index in [1.54, 1.807) is 36.6 Å². The van der Waals surface area contributed by atoms with E-state index in [4.69, 9.17) is 16.3 Å². The number of nitrogens with one attached hydrogen (secondary N) is 1. The van der Waals surface area contributed by atoms with Crippen LogP contribution >= 0.6 is 11.6 Å². The van der Waals surface area contributed by atoms with Crippen LogP contribution in [0.2, 0.25) is 5.02 Å². The number of benzene rings is 2. The van der Waals surface area contributed by atoms with Crippen LogP contribution < -0.4 is 9.46 Å². The Balaban J connectivity index is 2.13. The maximum absolute atomic E-state index is 12.6. The van der Waals surface area contributed by atoms with Crippen molar-refractivity contribution in [2.45, 2.75) is 30.9 Å². The fraction of sp³-hybridized carbons (Fsp3) is 0.368. The van der Waals surface area contributed by atoms with Crippen molar-refractivity contribution in [1.82, 2.24) is 0 Å². The summed E-state index contributed by atoms with van der Waals surface area (Å²) in [6.45, 7) is 4.81. The highest BCUT2D eigenvalue weighted by atomic mass is 35.5. The molecule has 1 unspecified atom stereocenters. The number of hydrogen-bond donors (Lipinski definition) is 1. The first-order chi connectivity index (χ1) is 12.7. The molecule has 1 N–H and O–H groups in total. The molecule has 2 rings (SSSR count). The SMILES string of the molecule is CC(C)CCOc1ccc(S(=O)(=O)Nc2cc(CS(C)=O)ccc2Cl)cc1. The highest BCUT2D eigenvalue weighted by molar-refractivity contribution is 7.92. The summed E-state index contributed by atoms with van der Waals surface area (Å²) in [6, 6.07) is 11.2. The van der Waals surface area contributed by atoms with Crippen LogP contribution in [-0.4, -0.2) is 25.5 Å². The van der Waals surface area contributed by atoms with Crippen LogP contribution in [0.1, 0.15) is 25.8 Å². The average molecular weight is 430 g/mol. The van der Waals surface area contributed by atoms with E-state index in [2.05, 4.69) is 18.6 Å². The fourth-order valence-electron chi connectivity index (χ4n) is 2.31. The predicted octanol–water partition coefficient (Wildman–Crippen LogP) is 4.44. The molecule has 0 heterocycles. The molecule has 0 radical (unpaired) electrons. The smallest absolute Gasteiger partial charge is 0.261 e. The van der Waals surface area contributed by atoms with E-state index in [9.17, 15) is 12.6 Å². The molecule has 2 aromatic carbocycles. The van der Waals surface area contributed by atoms with E-state index < -0.39 is 20.8 Å². The van der Waals surface area contributed by atoms with E-state index in [1.807, 2.05) is 0 Å². The second-order valence-corrected chi connectivity index (χ2v) is 10.2. The molecule has 0 amide bonds. The minimum atomic E-state index is -3.80. The lowest BCUT2D eigenvalue weighted by Crippen LogP contribution is -2.13. The van der Waals surface area contributed by atoms with E-state index in [1.165, 1.54) is 12.1 Å². The van der Waals surface area contributed by atoms with Gasteiger partial charge in [-0.3, -0.25) is 8.93 Å². The molecule has 27 heavy (non-hydrogen) atoms. The summed E-state index contributed by atoms with van der Waals surface area (Å²) in [5.41, 5.74) is 1.00. The second-order valence-electron chi connectivity index (χ2n) is 6.64.